The second kappa shape index (κ2) is 6.10. The number of ether oxygens (including phenoxy) is 2. The van der Waals surface area contributed by atoms with Gasteiger partial charge in [0.15, 0.2) is 0 Å². The van der Waals surface area contributed by atoms with Crippen molar-refractivity contribution in [2.45, 2.75) is 12.5 Å². The lowest BCUT2D eigenvalue weighted by molar-refractivity contribution is 0.165. The molecule has 0 fully saturated rings. The van der Waals surface area contributed by atoms with E-state index in [0.29, 0.717) is 18.0 Å². The Morgan fingerprint density at radius 3 is 2.68 bits per heavy atom. The minimum absolute atomic E-state index is 0.253. The van der Waals surface area contributed by atoms with E-state index in [4.69, 9.17) is 9.47 Å². The van der Waals surface area contributed by atoms with Gasteiger partial charge in [0.1, 0.15) is 11.8 Å². The summed E-state index contributed by atoms with van der Waals surface area (Å²) in [5.74, 6) is 0.591. The van der Waals surface area contributed by atoms with E-state index in [1.54, 1.807) is 6.20 Å². The summed E-state index contributed by atoms with van der Waals surface area (Å²) in [5.41, 5.74) is 1.14. The summed E-state index contributed by atoms with van der Waals surface area (Å²) in [5, 5.41) is 10.2. The first-order chi connectivity index (χ1) is 9.24. The van der Waals surface area contributed by atoms with Crippen molar-refractivity contribution >= 4 is 0 Å². The Morgan fingerprint density at radius 2 is 2.05 bits per heavy atom. The molecular weight excluding hydrogens is 246 g/mol. The van der Waals surface area contributed by atoms with Crippen LogP contribution in [0, 0.1) is 0 Å². The van der Waals surface area contributed by atoms with Crippen molar-refractivity contribution in [1.29, 1.82) is 0 Å². The van der Waals surface area contributed by atoms with E-state index in [1.165, 1.54) is 20.4 Å². The molecule has 0 aliphatic carbocycles. The summed E-state index contributed by atoms with van der Waals surface area (Å²) >= 11 is 0. The van der Waals surface area contributed by atoms with E-state index in [0.717, 1.165) is 5.69 Å². The molecule has 19 heavy (non-hydrogen) atoms. The Balaban J connectivity index is 2.21. The second-order valence-corrected chi connectivity index (χ2v) is 3.85. The van der Waals surface area contributed by atoms with Crippen molar-refractivity contribution < 1.29 is 14.6 Å². The molecule has 2 rings (SSSR count). The number of pyridine rings is 1. The number of hydrogen-bond donors (Lipinski definition) is 1. The molecule has 6 nitrogen and oxygen atoms in total. The molecule has 2 aromatic rings. The Labute approximate surface area is 111 Å². The maximum atomic E-state index is 10.2. The maximum absolute atomic E-state index is 10.2. The summed E-state index contributed by atoms with van der Waals surface area (Å²) < 4.78 is 10.1. The lowest BCUT2D eigenvalue weighted by Crippen LogP contribution is -2.09. The van der Waals surface area contributed by atoms with Crippen LogP contribution in [0.2, 0.25) is 0 Å². The van der Waals surface area contributed by atoms with Crippen molar-refractivity contribution in [1.82, 2.24) is 15.0 Å². The highest BCUT2D eigenvalue weighted by atomic mass is 16.5. The van der Waals surface area contributed by atoms with Gasteiger partial charge in [0.2, 0.25) is 11.8 Å². The summed E-state index contributed by atoms with van der Waals surface area (Å²) in [6.45, 7) is 0. The topological polar surface area (TPSA) is 77.4 Å². The van der Waals surface area contributed by atoms with Crippen molar-refractivity contribution in [3.05, 3.63) is 42.0 Å². The molecule has 0 aromatic carbocycles. The summed E-state index contributed by atoms with van der Waals surface area (Å²) in [4.78, 5) is 12.4. The van der Waals surface area contributed by atoms with Gasteiger partial charge in [0, 0.05) is 18.3 Å². The first-order valence-corrected chi connectivity index (χ1v) is 5.77. The van der Waals surface area contributed by atoms with Gasteiger partial charge >= 0.3 is 0 Å². The van der Waals surface area contributed by atoms with Gasteiger partial charge in [-0.2, -0.15) is 4.98 Å². The number of methoxy groups -OCH3 is 2. The number of hydrogen-bond acceptors (Lipinski definition) is 6. The number of aliphatic hydroxyl groups excluding tert-OH is 1. The predicted molar refractivity (Wildman–Crippen MR) is 68.0 cm³/mol. The number of aliphatic hydroxyl groups is 1. The van der Waals surface area contributed by atoms with Crippen molar-refractivity contribution in [2.24, 2.45) is 0 Å². The average Bonchev–Trinajstić information content (AvgIpc) is 2.47. The van der Waals surface area contributed by atoms with Gasteiger partial charge < -0.3 is 14.6 Å². The highest BCUT2D eigenvalue weighted by molar-refractivity contribution is 5.25. The van der Waals surface area contributed by atoms with Gasteiger partial charge in [0.25, 0.3) is 0 Å². The van der Waals surface area contributed by atoms with Crippen LogP contribution in [0.15, 0.2) is 30.6 Å². The third kappa shape index (κ3) is 3.17. The molecule has 0 bridgehead atoms. The summed E-state index contributed by atoms with van der Waals surface area (Å²) in [6.07, 6.45) is 2.64. The maximum Gasteiger partial charge on any atom is 0.241 e. The van der Waals surface area contributed by atoms with Gasteiger partial charge in [-0.1, -0.05) is 6.07 Å². The standard InChI is InChI=1S/C13H15N3O3/c1-18-11-8-15-12(13(16-11)19-2)10(17)7-9-5-3-4-6-14-9/h3-6,8,10,17H,7H2,1-2H3. The van der Waals surface area contributed by atoms with Crippen molar-refractivity contribution in [3.63, 3.8) is 0 Å². The van der Waals surface area contributed by atoms with Crippen LogP contribution in [0.1, 0.15) is 17.5 Å². The molecule has 1 atom stereocenters. The van der Waals surface area contributed by atoms with Crippen LogP contribution >= 0.6 is 0 Å². The molecule has 0 saturated heterocycles. The van der Waals surface area contributed by atoms with Crippen molar-refractivity contribution in [2.75, 3.05) is 14.2 Å². The molecule has 6 heteroatoms. The molecule has 1 unspecified atom stereocenters. The van der Waals surface area contributed by atoms with Gasteiger partial charge in [-0.3, -0.25) is 4.98 Å². The molecule has 0 radical (unpaired) electrons. The molecule has 2 heterocycles. The van der Waals surface area contributed by atoms with Crippen LogP contribution in [0.3, 0.4) is 0 Å². The third-order valence-electron chi connectivity index (χ3n) is 2.59. The molecule has 0 saturated carbocycles. The van der Waals surface area contributed by atoms with Crippen LogP contribution in [0.4, 0.5) is 0 Å². The zero-order chi connectivity index (χ0) is 13.7. The van der Waals surface area contributed by atoms with Crippen LogP contribution in [0.5, 0.6) is 11.8 Å². The first kappa shape index (κ1) is 13.2. The lowest BCUT2D eigenvalue weighted by atomic mass is 10.1. The molecule has 100 valence electrons. The second-order valence-electron chi connectivity index (χ2n) is 3.85. The van der Waals surface area contributed by atoms with E-state index in [9.17, 15) is 5.11 Å². The molecule has 0 amide bonds. The Bertz CT molecular complexity index is 534. The molecular formula is C13H15N3O3. The SMILES string of the molecule is COc1cnc(C(O)Cc2ccccn2)c(OC)n1. The van der Waals surface area contributed by atoms with Gasteiger partial charge in [-0.05, 0) is 12.1 Å². The zero-order valence-electron chi connectivity index (χ0n) is 10.8. The smallest absolute Gasteiger partial charge is 0.241 e. The Kier molecular flexibility index (Phi) is 4.25. The minimum Gasteiger partial charge on any atom is -0.480 e. The van der Waals surface area contributed by atoms with E-state index in [-0.39, 0.29) is 5.88 Å². The van der Waals surface area contributed by atoms with E-state index in [2.05, 4.69) is 15.0 Å². The Morgan fingerprint density at radius 1 is 1.21 bits per heavy atom. The quantitative estimate of drug-likeness (QED) is 0.870. The van der Waals surface area contributed by atoms with Gasteiger partial charge in [-0.25, -0.2) is 4.98 Å². The Hall–Kier alpha value is -2.21. The minimum atomic E-state index is -0.830. The number of nitrogens with zero attached hydrogens (tertiary/aromatic N) is 3. The molecule has 0 spiro atoms. The monoisotopic (exact) mass is 261 g/mol. The molecule has 1 N–H and O–H groups in total. The highest BCUT2D eigenvalue weighted by Gasteiger charge is 2.18. The first-order valence-electron chi connectivity index (χ1n) is 5.77. The van der Waals surface area contributed by atoms with Crippen LogP contribution in [0.25, 0.3) is 0 Å². The lowest BCUT2D eigenvalue weighted by Gasteiger charge is -2.13. The van der Waals surface area contributed by atoms with Crippen LogP contribution in [-0.4, -0.2) is 34.3 Å². The van der Waals surface area contributed by atoms with Gasteiger partial charge in [0.05, 0.1) is 20.4 Å². The van der Waals surface area contributed by atoms with E-state index < -0.39 is 6.10 Å². The summed E-state index contributed by atoms with van der Waals surface area (Å²) in [6, 6.07) is 5.53. The fourth-order valence-electron chi connectivity index (χ4n) is 1.66. The number of aromatic nitrogens is 3. The van der Waals surface area contributed by atoms with Crippen LogP contribution in [-0.2, 0) is 6.42 Å². The number of rotatable bonds is 5. The molecule has 0 aliphatic heterocycles. The fourth-order valence-corrected chi connectivity index (χ4v) is 1.66. The average molecular weight is 261 g/mol. The molecule has 2 aromatic heterocycles. The normalized spacial score (nSPS) is 11.9. The van der Waals surface area contributed by atoms with E-state index >= 15 is 0 Å². The van der Waals surface area contributed by atoms with E-state index in [1.807, 2.05) is 18.2 Å². The predicted octanol–water partition coefficient (Wildman–Crippen LogP) is 1.16. The third-order valence-corrected chi connectivity index (χ3v) is 2.59. The largest absolute Gasteiger partial charge is 0.480 e. The molecule has 0 aliphatic rings. The zero-order valence-corrected chi connectivity index (χ0v) is 10.8. The highest BCUT2D eigenvalue weighted by Crippen LogP contribution is 2.25. The van der Waals surface area contributed by atoms with Crippen molar-refractivity contribution in [3.8, 4) is 11.8 Å². The van der Waals surface area contributed by atoms with Gasteiger partial charge in [-0.15, -0.1) is 0 Å². The fraction of sp³-hybridized carbons (Fsp3) is 0.308. The summed E-state index contributed by atoms with van der Waals surface area (Å²) in [7, 11) is 2.97. The van der Waals surface area contributed by atoms with Crippen LogP contribution < -0.4 is 9.47 Å².